The van der Waals surface area contributed by atoms with Gasteiger partial charge in [-0.2, -0.15) is 0 Å². The predicted octanol–water partition coefficient (Wildman–Crippen LogP) is 2.08. The highest BCUT2D eigenvalue weighted by Crippen LogP contribution is 2.22. The molecule has 0 aromatic heterocycles. The molecule has 0 unspecified atom stereocenters. The van der Waals surface area contributed by atoms with E-state index in [1.807, 2.05) is 32.0 Å². The van der Waals surface area contributed by atoms with Crippen molar-refractivity contribution in [3.05, 3.63) is 42.0 Å². The van der Waals surface area contributed by atoms with Gasteiger partial charge < -0.3 is 14.7 Å². The summed E-state index contributed by atoms with van der Waals surface area (Å²) in [5, 5.41) is 8.93. The molecule has 0 spiro atoms. The monoisotopic (exact) mass is 277 g/mol. The van der Waals surface area contributed by atoms with Gasteiger partial charge in [0, 0.05) is 13.1 Å². The first-order valence-corrected chi connectivity index (χ1v) is 6.78. The number of para-hydroxylation sites is 1. The zero-order valence-corrected chi connectivity index (χ0v) is 12.3. The maximum atomic E-state index is 12.0. The fourth-order valence-corrected chi connectivity index (χ4v) is 2.02. The molecule has 0 atom stereocenters. The van der Waals surface area contributed by atoms with Gasteiger partial charge in [0.1, 0.15) is 5.75 Å². The number of amides is 1. The van der Waals surface area contributed by atoms with Crippen molar-refractivity contribution in [1.29, 1.82) is 0 Å². The van der Waals surface area contributed by atoms with Gasteiger partial charge in [0.05, 0.1) is 19.6 Å². The molecule has 0 saturated heterocycles. The number of aliphatic hydroxyl groups is 1. The van der Waals surface area contributed by atoms with Crippen LogP contribution in [-0.4, -0.2) is 42.2 Å². The Morgan fingerprint density at radius 3 is 2.60 bits per heavy atom. The fourth-order valence-electron chi connectivity index (χ4n) is 2.02. The van der Waals surface area contributed by atoms with E-state index in [-0.39, 0.29) is 12.5 Å². The summed E-state index contributed by atoms with van der Waals surface area (Å²) in [5.41, 5.74) is 2.13. The second kappa shape index (κ2) is 8.38. The Kier molecular flexibility index (Phi) is 6.81. The largest absolute Gasteiger partial charge is 0.493 e. The average Bonchev–Trinajstić information content (AvgIpc) is 2.41. The summed E-state index contributed by atoms with van der Waals surface area (Å²) in [4.78, 5) is 13.5. The van der Waals surface area contributed by atoms with Crippen LogP contribution in [0.25, 0.3) is 0 Å². The lowest BCUT2D eigenvalue weighted by atomic mass is 10.1. The smallest absolute Gasteiger partial charge is 0.226 e. The van der Waals surface area contributed by atoms with Crippen LogP contribution in [0.5, 0.6) is 5.75 Å². The fraction of sp³-hybridized carbons (Fsp3) is 0.438. The number of carbonyl (C=O) groups excluding carboxylic acids is 1. The molecule has 1 rings (SSSR count). The van der Waals surface area contributed by atoms with E-state index >= 15 is 0 Å². The molecule has 0 aliphatic heterocycles. The van der Waals surface area contributed by atoms with Gasteiger partial charge in [-0.05, 0) is 25.0 Å². The van der Waals surface area contributed by atoms with Crippen LogP contribution in [0.1, 0.15) is 17.5 Å². The summed E-state index contributed by atoms with van der Waals surface area (Å²) in [7, 11) is 0. The minimum absolute atomic E-state index is 0.0369. The molecule has 0 fully saturated rings. The van der Waals surface area contributed by atoms with Crippen LogP contribution in [0.2, 0.25) is 0 Å². The number of aliphatic hydroxyl groups excluding tert-OH is 1. The second-order valence-electron chi connectivity index (χ2n) is 4.67. The molecule has 0 aliphatic carbocycles. The average molecular weight is 277 g/mol. The van der Waals surface area contributed by atoms with Crippen LogP contribution >= 0.6 is 0 Å². The van der Waals surface area contributed by atoms with E-state index < -0.39 is 0 Å². The number of hydrogen-bond donors (Lipinski definition) is 1. The Balaban J connectivity index is 2.50. The SMILES string of the molecule is C=CCN(CCO)C(=O)CCOc1c(C)cccc1C. The van der Waals surface area contributed by atoms with E-state index in [9.17, 15) is 4.79 Å². The van der Waals surface area contributed by atoms with Crippen molar-refractivity contribution in [3.63, 3.8) is 0 Å². The molecule has 1 aromatic carbocycles. The molecule has 0 bridgehead atoms. The highest BCUT2D eigenvalue weighted by atomic mass is 16.5. The van der Waals surface area contributed by atoms with E-state index in [2.05, 4.69) is 6.58 Å². The Bertz CT molecular complexity index is 437. The maximum Gasteiger partial charge on any atom is 0.226 e. The Morgan fingerprint density at radius 2 is 2.05 bits per heavy atom. The van der Waals surface area contributed by atoms with Crippen LogP contribution in [0, 0.1) is 13.8 Å². The number of benzene rings is 1. The summed E-state index contributed by atoms with van der Waals surface area (Å²) < 4.78 is 5.71. The van der Waals surface area contributed by atoms with E-state index in [1.54, 1.807) is 11.0 Å². The van der Waals surface area contributed by atoms with Crippen molar-refractivity contribution < 1.29 is 14.6 Å². The summed E-state index contributed by atoms with van der Waals surface area (Å²) in [5.74, 6) is 0.808. The molecule has 4 heteroatoms. The number of ether oxygens (including phenoxy) is 1. The Labute approximate surface area is 120 Å². The molecule has 4 nitrogen and oxygen atoms in total. The molecule has 0 saturated carbocycles. The molecule has 0 aliphatic rings. The van der Waals surface area contributed by atoms with Gasteiger partial charge in [-0.15, -0.1) is 6.58 Å². The minimum atomic E-state index is -0.0443. The topological polar surface area (TPSA) is 49.8 Å². The minimum Gasteiger partial charge on any atom is -0.493 e. The third-order valence-corrected chi connectivity index (χ3v) is 3.04. The first-order valence-electron chi connectivity index (χ1n) is 6.78. The molecule has 1 aromatic rings. The van der Waals surface area contributed by atoms with Crippen LogP contribution < -0.4 is 4.74 Å². The van der Waals surface area contributed by atoms with Gasteiger partial charge in [0.2, 0.25) is 5.91 Å². The van der Waals surface area contributed by atoms with Gasteiger partial charge in [-0.3, -0.25) is 4.79 Å². The Morgan fingerprint density at radius 1 is 1.40 bits per heavy atom. The van der Waals surface area contributed by atoms with Gasteiger partial charge in [-0.25, -0.2) is 0 Å². The number of rotatable bonds is 8. The molecule has 110 valence electrons. The number of nitrogens with zero attached hydrogens (tertiary/aromatic N) is 1. The first kappa shape index (κ1) is 16.2. The number of carbonyl (C=O) groups is 1. The molecular weight excluding hydrogens is 254 g/mol. The number of hydrogen-bond acceptors (Lipinski definition) is 3. The molecule has 20 heavy (non-hydrogen) atoms. The van der Waals surface area contributed by atoms with E-state index in [4.69, 9.17) is 9.84 Å². The molecule has 0 radical (unpaired) electrons. The first-order chi connectivity index (χ1) is 9.60. The third kappa shape index (κ3) is 4.70. The summed E-state index contributed by atoms with van der Waals surface area (Å²) in [6.45, 7) is 8.65. The quantitative estimate of drug-likeness (QED) is 0.740. The molecule has 1 N–H and O–H groups in total. The van der Waals surface area contributed by atoms with Crippen LogP contribution in [0.15, 0.2) is 30.9 Å². The van der Waals surface area contributed by atoms with E-state index in [0.717, 1.165) is 16.9 Å². The van der Waals surface area contributed by atoms with Gasteiger partial charge in [0.15, 0.2) is 0 Å². The van der Waals surface area contributed by atoms with Crippen molar-refractivity contribution in [1.82, 2.24) is 4.90 Å². The van der Waals surface area contributed by atoms with Crippen molar-refractivity contribution in [3.8, 4) is 5.75 Å². The maximum absolute atomic E-state index is 12.0. The van der Waals surface area contributed by atoms with Gasteiger partial charge >= 0.3 is 0 Å². The van der Waals surface area contributed by atoms with Crippen molar-refractivity contribution in [2.45, 2.75) is 20.3 Å². The standard InChI is InChI=1S/C16H23NO3/c1-4-9-17(10-11-18)15(19)8-12-20-16-13(2)6-5-7-14(16)3/h4-7,18H,1,8-12H2,2-3H3. The second-order valence-corrected chi connectivity index (χ2v) is 4.67. The summed E-state index contributed by atoms with van der Waals surface area (Å²) >= 11 is 0. The zero-order valence-electron chi connectivity index (χ0n) is 12.3. The third-order valence-electron chi connectivity index (χ3n) is 3.04. The normalized spacial score (nSPS) is 10.2. The summed E-state index contributed by atoms with van der Waals surface area (Å²) in [6.07, 6.45) is 1.95. The van der Waals surface area contributed by atoms with E-state index in [1.165, 1.54) is 0 Å². The highest BCUT2D eigenvalue weighted by molar-refractivity contribution is 5.76. The van der Waals surface area contributed by atoms with Crippen LogP contribution in [0.4, 0.5) is 0 Å². The molecular formula is C16H23NO3. The highest BCUT2D eigenvalue weighted by Gasteiger charge is 2.12. The van der Waals surface area contributed by atoms with Crippen molar-refractivity contribution in [2.75, 3.05) is 26.3 Å². The number of aryl methyl sites for hydroxylation is 2. The van der Waals surface area contributed by atoms with Gasteiger partial charge in [-0.1, -0.05) is 24.3 Å². The Hall–Kier alpha value is -1.81. The molecule has 1 amide bonds. The van der Waals surface area contributed by atoms with Crippen molar-refractivity contribution in [2.24, 2.45) is 0 Å². The molecule has 0 heterocycles. The predicted molar refractivity (Wildman–Crippen MR) is 79.9 cm³/mol. The van der Waals surface area contributed by atoms with Crippen LogP contribution in [0.3, 0.4) is 0 Å². The van der Waals surface area contributed by atoms with E-state index in [0.29, 0.717) is 26.1 Å². The van der Waals surface area contributed by atoms with Crippen molar-refractivity contribution >= 4 is 5.91 Å². The van der Waals surface area contributed by atoms with Crippen LogP contribution in [-0.2, 0) is 4.79 Å². The lowest BCUT2D eigenvalue weighted by molar-refractivity contribution is -0.131. The lowest BCUT2D eigenvalue weighted by Crippen LogP contribution is -2.34. The summed E-state index contributed by atoms with van der Waals surface area (Å²) in [6, 6.07) is 5.95. The zero-order chi connectivity index (χ0) is 15.0. The van der Waals surface area contributed by atoms with Gasteiger partial charge in [0.25, 0.3) is 0 Å². The lowest BCUT2D eigenvalue weighted by Gasteiger charge is -2.20.